The summed E-state index contributed by atoms with van der Waals surface area (Å²) in [6.45, 7) is 0. The normalized spacial score (nSPS) is 16.4. The number of carboxylic acids is 1. The standard InChI is InChI=1S/C17H17ClN2O4S/c18-12-3-1-11(2-4-12)15-19-13(10-24-15)9-14(21)20-17(16(22)23)5-7-25-8-6-17/h1-4,10H,5-9H2,(H,20,21)(H,22,23). The highest BCUT2D eigenvalue weighted by Gasteiger charge is 2.41. The Hall–Kier alpha value is -1.99. The Balaban J connectivity index is 1.67. The van der Waals surface area contributed by atoms with Gasteiger partial charge in [-0.2, -0.15) is 11.8 Å². The van der Waals surface area contributed by atoms with E-state index in [9.17, 15) is 14.7 Å². The minimum atomic E-state index is -1.18. The molecule has 1 amide bonds. The molecule has 1 aromatic carbocycles. The SMILES string of the molecule is O=C(Cc1coc(-c2ccc(Cl)cc2)n1)NC1(C(=O)O)CCSCC1. The van der Waals surface area contributed by atoms with Crippen molar-refractivity contribution in [2.24, 2.45) is 0 Å². The van der Waals surface area contributed by atoms with E-state index < -0.39 is 11.5 Å². The first-order valence-corrected chi connectivity index (χ1v) is 9.34. The van der Waals surface area contributed by atoms with Crippen LogP contribution >= 0.6 is 23.4 Å². The highest BCUT2D eigenvalue weighted by Crippen LogP contribution is 2.27. The van der Waals surface area contributed by atoms with Gasteiger partial charge in [-0.15, -0.1) is 0 Å². The summed E-state index contributed by atoms with van der Waals surface area (Å²) >= 11 is 7.55. The Labute approximate surface area is 154 Å². The lowest BCUT2D eigenvalue weighted by Crippen LogP contribution is -2.56. The molecule has 1 aliphatic heterocycles. The molecule has 0 aliphatic carbocycles. The quantitative estimate of drug-likeness (QED) is 0.828. The van der Waals surface area contributed by atoms with Crippen LogP contribution in [0.1, 0.15) is 18.5 Å². The highest BCUT2D eigenvalue weighted by atomic mass is 35.5. The first kappa shape index (κ1) is 17.8. The summed E-state index contributed by atoms with van der Waals surface area (Å²) in [5.41, 5.74) is 0.0287. The smallest absolute Gasteiger partial charge is 0.329 e. The number of benzene rings is 1. The zero-order valence-corrected chi connectivity index (χ0v) is 14.9. The summed E-state index contributed by atoms with van der Waals surface area (Å²) in [7, 11) is 0. The minimum Gasteiger partial charge on any atom is -0.480 e. The van der Waals surface area contributed by atoms with Gasteiger partial charge < -0.3 is 14.8 Å². The molecule has 25 heavy (non-hydrogen) atoms. The maximum atomic E-state index is 12.3. The maximum absolute atomic E-state index is 12.3. The van der Waals surface area contributed by atoms with E-state index in [0.29, 0.717) is 29.4 Å². The van der Waals surface area contributed by atoms with Gasteiger partial charge in [-0.3, -0.25) is 4.79 Å². The lowest BCUT2D eigenvalue weighted by atomic mass is 9.92. The number of amides is 1. The number of hydrogen-bond acceptors (Lipinski definition) is 5. The number of halogens is 1. The van der Waals surface area contributed by atoms with Crippen molar-refractivity contribution in [3.63, 3.8) is 0 Å². The molecule has 0 atom stereocenters. The van der Waals surface area contributed by atoms with Crippen molar-refractivity contribution < 1.29 is 19.1 Å². The molecule has 0 radical (unpaired) electrons. The van der Waals surface area contributed by atoms with E-state index >= 15 is 0 Å². The van der Waals surface area contributed by atoms with Crippen LogP contribution in [-0.4, -0.2) is 39.0 Å². The second-order valence-corrected chi connectivity index (χ2v) is 7.54. The summed E-state index contributed by atoms with van der Waals surface area (Å²) in [6.07, 6.45) is 2.23. The molecule has 0 unspecified atom stereocenters. The van der Waals surface area contributed by atoms with Gasteiger partial charge in [0.15, 0.2) is 0 Å². The molecule has 0 bridgehead atoms. The number of rotatable bonds is 5. The third-order valence-corrected chi connectivity index (χ3v) is 5.36. The van der Waals surface area contributed by atoms with Gasteiger partial charge in [0.05, 0.1) is 12.1 Å². The fourth-order valence-corrected chi connectivity index (χ4v) is 4.02. The molecule has 2 aromatic rings. The third-order valence-electron chi connectivity index (χ3n) is 4.12. The van der Waals surface area contributed by atoms with Gasteiger partial charge in [0.25, 0.3) is 0 Å². The van der Waals surface area contributed by atoms with Crippen molar-refractivity contribution in [3.05, 3.63) is 41.2 Å². The number of thioether (sulfide) groups is 1. The average molecular weight is 381 g/mol. The van der Waals surface area contributed by atoms with Gasteiger partial charge in [-0.1, -0.05) is 11.6 Å². The molecular weight excluding hydrogens is 364 g/mol. The van der Waals surface area contributed by atoms with Crippen LogP contribution in [0.2, 0.25) is 5.02 Å². The molecule has 0 saturated carbocycles. The molecule has 1 fully saturated rings. The molecule has 2 N–H and O–H groups in total. The maximum Gasteiger partial charge on any atom is 0.329 e. The van der Waals surface area contributed by atoms with Gasteiger partial charge in [-0.25, -0.2) is 9.78 Å². The van der Waals surface area contributed by atoms with Crippen molar-refractivity contribution in [2.75, 3.05) is 11.5 Å². The second kappa shape index (κ2) is 7.49. The molecule has 6 nitrogen and oxygen atoms in total. The highest BCUT2D eigenvalue weighted by molar-refractivity contribution is 7.99. The van der Waals surface area contributed by atoms with E-state index in [2.05, 4.69) is 10.3 Å². The molecule has 132 valence electrons. The van der Waals surface area contributed by atoms with Crippen LogP contribution in [0.5, 0.6) is 0 Å². The number of oxazole rings is 1. The van der Waals surface area contributed by atoms with E-state index in [0.717, 1.165) is 17.1 Å². The van der Waals surface area contributed by atoms with Crippen molar-refractivity contribution >= 4 is 35.2 Å². The van der Waals surface area contributed by atoms with Crippen LogP contribution < -0.4 is 5.32 Å². The first-order valence-electron chi connectivity index (χ1n) is 7.81. The average Bonchev–Trinajstić information content (AvgIpc) is 3.04. The van der Waals surface area contributed by atoms with E-state index in [1.54, 1.807) is 36.0 Å². The number of nitrogens with one attached hydrogen (secondary N) is 1. The van der Waals surface area contributed by atoms with Gasteiger partial charge in [0.1, 0.15) is 11.8 Å². The van der Waals surface area contributed by atoms with Crippen LogP contribution in [0.3, 0.4) is 0 Å². The van der Waals surface area contributed by atoms with Crippen LogP contribution in [0, 0.1) is 0 Å². The molecule has 1 aromatic heterocycles. The number of carboxylic acid groups (broad SMARTS) is 1. The Bertz CT molecular complexity index is 769. The van der Waals surface area contributed by atoms with Crippen LogP contribution in [0.25, 0.3) is 11.5 Å². The Morgan fingerprint density at radius 1 is 1.28 bits per heavy atom. The summed E-state index contributed by atoms with van der Waals surface area (Å²) in [5.74, 6) is 0.476. The van der Waals surface area contributed by atoms with Crippen LogP contribution in [-0.2, 0) is 16.0 Å². The molecule has 8 heteroatoms. The van der Waals surface area contributed by atoms with E-state index in [-0.39, 0.29) is 12.3 Å². The number of carbonyl (C=O) groups excluding carboxylic acids is 1. The lowest BCUT2D eigenvalue weighted by molar-refractivity contribution is -0.148. The second-order valence-electron chi connectivity index (χ2n) is 5.88. The summed E-state index contributed by atoms with van der Waals surface area (Å²) in [4.78, 5) is 28.2. The molecule has 3 rings (SSSR count). The molecule has 1 aliphatic rings. The number of hydrogen-bond donors (Lipinski definition) is 2. The fourth-order valence-electron chi connectivity index (χ4n) is 2.70. The van der Waals surface area contributed by atoms with Gasteiger partial charge >= 0.3 is 5.97 Å². The van der Waals surface area contributed by atoms with Crippen molar-refractivity contribution in [2.45, 2.75) is 24.8 Å². The predicted molar refractivity (Wildman–Crippen MR) is 95.7 cm³/mol. The molecular formula is C17H17ClN2O4S. The fraction of sp³-hybridized carbons (Fsp3) is 0.353. The number of aromatic nitrogens is 1. The first-order chi connectivity index (χ1) is 12.0. The molecule has 2 heterocycles. The molecule has 1 saturated heterocycles. The Morgan fingerprint density at radius 2 is 1.96 bits per heavy atom. The van der Waals surface area contributed by atoms with Gasteiger partial charge in [0, 0.05) is 10.6 Å². The summed E-state index contributed by atoms with van der Waals surface area (Å²) in [6, 6.07) is 7.00. The predicted octanol–water partition coefficient (Wildman–Crippen LogP) is 3.00. The number of carbonyl (C=O) groups is 2. The summed E-state index contributed by atoms with van der Waals surface area (Å²) < 4.78 is 5.40. The Morgan fingerprint density at radius 3 is 2.60 bits per heavy atom. The van der Waals surface area contributed by atoms with Crippen LogP contribution in [0.4, 0.5) is 0 Å². The largest absolute Gasteiger partial charge is 0.480 e. The lowest BCUT2D eigenvalue weighted by Gasteiger charge is -2.33. The number of aliphatic carboxylic acids is 1. The monoisotopic (exact) mass is 380 g/mol. The zero-order valence-electron chi connectivity index (χ0n) is 13.3. The van der Waals surface area contributed by atoms with Gasteiger partial charge in [-0.05, 0) is 48.6 Å². The minimum absolute atomic E-state index is 0.0285. The third kappa shape index (κ3) is 4.16. The van der Waals surface area contributed by atoms with E-state index in [1.807, 2.05) is 0 Å². The van der Waals surface area contributed by atoms with Crippen molar-refractivity contribution in [1.82, 2.24) is 10.3 Å². The Kier molecular flexibility index (Phi) is 5.34. The number of nitrogens with zero attached hydrogens (tertiary/aromatic N) is 1. The zero-order chi connectivity index (χ0) is 17.9. The molecule has 0 spiro atoms. The van der Waals surface area contributed by atoms with E-state index in [1.165, 1.54) is 6.26 Å². The van der Waals surface area contributed by atoms with Crippen LogP contribution in [0.15, 0.2) is 34.9 Å². The van der Waals surface area contributed by atoms with Crippen molar-refractivity contribution in [3.8, 4) is 11.5 Å². The summed E-state index contributed by atoms with van der Waals surface area (Å²) in [5, 5.41) is 12.8. The van der Waals surface area contributed by atoms with Crippen molar-refractivity contribution in [1.29, 1.82) is 0 Å². The van der Waals surface area contributed by atoms with E-state index in [4.69, 9.17) is 16.0 Å². The topological polar surface area (TPSA) is 92.4 Å². The van der Waals surface area contributed by atoms with Gasteiger partial charge in [0.2, 0.25) is 11.8 Å².